The molecule has 0 spiro atoms. The van der Waals surface area contributed by atoms with Crippen molar-refractivity contribution in [1.29, 1.82) is 0 Å². The lowest BCUT2D eigenvalue weighted by Crippen LogP contribution is -2.24. The molecule has 8 heteroatoms. The van der Waals surface area contributed by atoms with Gasteiger partial charge >= 0.3 is 5.69 Å². The molecule has 1 heterocycles. The number of Topliss-reactive ketones (excluding diaryl/α,β-unsaturated/α-hetero) is 1. The van der Waals surface area contributed by atoms with E-state index in [1.54, 1.807) is 14.1 Å². The van der Waals surface area contributed by atoms with Crippen LogP contribution in [0.3, 0.4) is 0 Å². The first-order valence-electron chi connectivity index (χ1n) is 11.1. The molecule has 0 aliphatic heterocycles. The SMILES string of the molecule is CCC[C@H](C)Oc1cc(-n2nc(CNC)n(C)c2=O)c(F)cc1C(=O)CC(CC)CC. The number of halogens is 1. The zero-order chi connectivity index (χ0) is 23.1. The molecule has 1 atom stereocenters. The molecule has 1 aromatic carbocycles. The quantitative estimate of drug-likeness (QED) is 0.511. The molecule has 1 aromatic heterocycles. The fraction of sp³-hybridized carbons (Fsp3) is 0.609. The molecule has 2 rings (SSSR count). The van der Waals surface area contributed by atoms with Crippen molar-refractivity contribution < 1.29 is 13.9 Å². The molecule has 0 bridgehead atoms. The van der Waals surface area contributed by atoms with E-state index < -0.39 is 11.5 Å². The van der Waals surface area contributed by atoms with Gasteiger partial charge in [-0.05, 0) is 32.4 Å². The van der Waals surface area contributed by atoms with Crippen molar-refractivity contribution in [2.45, 2.75) is 72.4 Å². The van der Waals surface area contributed by atoms with E-state index in [9.17, 15) is 9.59 Å². The molecule has 31 heavy (non-hydrogen) atoms. The Kier molecular flexibility index (Phi) is 8.98. The van der Waals surface area contributed by atoms with Gasteiger partial charge in [-0.25, -0.2) is 9.18 Å². The average molecular weight is 435 g/mol. The maximum atomic E-state index is 15.1. The first-order chi connectivity index (χ1) is 14.8. The summed E-state index contributed by atoms with van der Waals surface area (Å²) in [5.74, 6) is 0.170. The van der Waals surface area contributed by atoms with Crippen LogP contribution in [0.4, 0.5) is 4.39 Å². The third-order valence-corrected chi connectivity index (χ3v) is 5.64. The standard InChI is InChI=1S/C23H35FN4O3/c1-7-10-15(4)31-21-13-19(28-23(30)27(6)22(26-28)14-25-5)18(24)12-17(21)20(29)11-16(8-2)9-3/h12-13,15-16,25H,7-11,14H2,1-6H3/t15-/m0/s1. The summed E-state index contributed by atoms with van der Waals surface area (Å²) in [7, 11) is 3.33. The number of nitrogens with zero attached hydrogens (tertiary/aromatic N) is 3. The summed E-state index contributed by atoms with van der Waals surface area (Å²) in [6.45, 7) is 8.42. The van der Waals surface area contributed by atoms with E-state index >= 15 is 4.39 Å². The highest BCUT2D eigenvalue weighted by Gasteiger charge is 2.23. The van der Waals surface area contributed by atoms with E-state index in [4.69, 9.17) is 4.74 Å². The normalized spacial score (nSPS) is 12.4. The van der Waals surface area contributed by atoms with E-state index in [1.165, 1.54) is 16.7 Å². The highest BCUT2D eigenvalue weighted by Crippen LogP contribution is 2.29. The smallest absolute Gasteiger partial charge is 0.350 e. The van der Waals surface area contributed by atoms with E-state index in [2.05, 4.69) is 10.4 Å². The number of ketones is 1. The summed E-state index contributed by atoms with van der Waals surface area (Å²) in [5.41, 5.74) is -0.274. The maximum absolute atomic E-state index is 15.1. The number of rotatable bonds is 12. The van der Waals surface area contributed by atoms with Crippen LogP contribution in [0.1, 0.15) is 76.0 Å². The third-order valence-electron chi connectivity index (χ3n) is 5.64. The molecule has 0 fully saturated rings. The second kappa shape index (κ2) is 11.2. The van der Waals surface area contributed by atoms with Crippen molar-refractivity contribution in [2.24, 2.45) is 13.0 Å². The second-order valence-corrected chi connectivity index (χ2v) is 8.03. The van der Waals surface area contributed by atoms with Crippen molar-refractivity contribution in [3.63, 3.8) is 0 Å². The minimum absolute atomic E-state index is 0.0271. The van der Waals surface area contributed by atoms with Crippen molar-refractivity contribution in [1.82, 2.24) is 19.7 Å². The Morgan fingerprint density at radius 2 is 1.94 bits per heavy atom. The van der Waals surface area contributed by atoms with E-state index in [0.717, 1.165) is 30.4 Å². The van der Waals surface area contributed by atoms with Gasteiger partial charge in [0.2, 0.25) is 0 Å². The molecule has 172 valence electrons. The van der Waals surface area contributed by atoms with Crippen LogP contribution in [0.5, 0.6) is 5.75 Å². The predicted octanol–water partition coefficient (Wildman–Crippen LogP) is 4.01. The summed E-state index contributed by atoms with van der Waals surface area (Å²) in [6, 6.07) is 2.62. The fourth-order valence-corrected chi connectivity index (χ4v) is 3.60. The van der Waals surface area contributed by atoms with Gasteiger partial charge < -0.3 is 10.1 Å². The highest BCUT2D eigenvalue weighted by atomic mass is 19.1. The van der Waals surface area contributed by atoms with Gasteiger partial charge in [-0.3, -0.25) is 9.36 Å². The fourth-order valence-electron chi connectivity index (χ4n) is 3.60. The van der Waals surface area contributed by atoms with Crippen LogP contribution >= 0.6 is 0 Å². The van der Waals surface area contributed by atoms with Gasteiger partial charge in [-0.1, -0.05) is 40.0 Å². The molecule has 0 saturated carbocycles. The summed E-state index contributed by atoms with van der Waals surface area (Å²) >= 11 is 0. The van der Waals surface area contributed by atoms with Gasteiger partial charge in [0.05, 0.1) is 18.2 Å². The monoisotopic (exact) mass is 434 g/mol. The summed E-state index contributed by atoms with van der Waals surface area (Å²) in [5, 5.41) is 7.20. The molecule has 0 saturated heterocycles. The Hall–Kier alpha value is -2.48. The summed E-state index contributed by atoms with van der Waals surface area (Å²) in [4.78, 5) is 25.7. The zero-order valence-electron chi connectivity index (χ0n) is 19.5. The van der Waals surface area contributed by atoms with Gasteiger partial charge in [0.25, 0.3) is 0 Å². The average Bonchev–Trinajstić information content (AvgIpc) is 3.01. The zero-order valence-corrected chi connectivity index (χ0v) is 19.5. The summed E-state index contributed by atoms with van der Waals surface area (Å²) in [6.07, 6.45) is 3.65. The van der Waals surface area contributed by atoms with Crippen LogP contribution in [0, 0.1) is 11.7 Å². The molecule has 0 unspecified atom stereocenters. The van der Waals surface area contributed by atoms with Crippen molar-refractivity contribution in [3.8, 4) is 11.4 Å². The number of hydrogen-bond acceptors (Lipinski definition) is 5. The van der Waals surface area contributed by atoms with Crippen molar-refractivity contribution >= 4 is 5.78 Å². The first kappa shape index (κ1) is 24.8. The molecule has 1 N–H and O–H groups in total. The minimum Gasteiger partial charge on any atom is -0.490 e. The van der Waals surface area contributed by atoms with Gasteiger partial charge in [-0.15, -0.1) is 5.10 Å². The lowest BCUT2D eigenvalue weighted by atomic mass is 9.93. The number of carbonyl (C=O) groups excluding carboxylic acids is 1. The lowest BCUT2D eigenvalue weighted by molar-refractivity contribution is 0.0951. The van der Waals surface area contributed by atoms with Gasteiger partial charge in [0, 0.05) is 19.5 Å². The first-order valence-corrected chi connectivity index (χ1v) is 11.1. The molecule has 0 amide bonds. The summed E-state index contributed by atoms with van der Waals surface area (Å²) < 4.78 is 23.6. The van der Waals surface area contributed by atoms with Crippen molar-refractivity contribution in [2.75, 3.05) is 7.05 Å². The molecular weight excluding hydrogens is 399 g/mol. The third kappa shape index (κ3) is 5.81. The molecule has 0 aliphatic rings. The number of carbonyl (C=O) groups is 1. The maximum Gasteiger partial charge on any atom is 0.350 e. The van der Waals surface area contributed by atoms with E-state index in [-0.39, 0.29) is 29.1 Å². The van der Waals surface area contributed by atoms with Gasteiger partial charge in [0.15, 0.2) is 5.78 Å². The number of nitrogens with one attached hydrogen (secondary N) is 1. The largest absolute Gasteiger partial charge is 0.490 e. The minimum atomic E-state index is -0.681. The van der Waals surface area contributed by atoms with Crippen LogP contribution < -0.4 is 15.7 Å². The predicted molar refractivity (Wildman–Crippen MR) is 120 cm³/mol. The topological polar surface area (TPSA) is 78.2 Å². The Morgan fingerprint density at radius 1 is 1.26 bits per heavy atom. The van der Waals surface area contributed by atoms with Crippen LogP contribution in [0.15, 0.2) is 16.9 Å². The van der Waals surface area contributed by atoms with E-state index in [0.29, 0.717) is 24.5 Å². The second-order valence-electron chi connectivity index (χ2n) is 8.03. The lowest BCUT2D eigenvalue weighted by Gasteiger charge is -2.19. The number of ether oxygens (including phenoxy) is 1. The Morgan fingerprint density at radius 3 is 2.52 bits per heavy atom. The molecule has 2 aromatic rings. The number of benzene rings is 1. The molecular formula is C23H35FN4O3. The van der Waals surface area contributed by atoms with Gasteiger partial charge in [-0.2, -0.15) is 4.68 Å². The Labute approximate surface area is 183 Å². The molecule has 0 aliphatic carbocycles. The van der Waals surface area contributed by atoms with Crippen LogP contribution in [-0.2, 0) is 13.6 Å². The highest BCUT2D eigenvalue weighted by molar-refractivity contribution is 5.99. The Bertz CT molecular complexity index is 947. The molecule has 7 nitrogen and oxygen atoms in total. The van der Waals surface area contributed by atoms with Gasteiger partial charge in [0.1, 0.15) is 23.1 Å². The number of hydrogen-bond donors (Lipinski definition) is 1. The number of aromatic nitrogens is 3. The Balaban J connectivity index is 2.56. The van der Waals surface area contributed by atoms with Crippen LogP contribution in [0.25, 0.3) is 5.69 Å². The van der Waals surface area contributed by atoms with E-state index in [1.807, 2.05) is 27.7 Å². The molecule has 0 radical (unpaired) electrons. The van der Waals surface area contributed by atoms with Crippen LogP contribution in [0.2, 0.25) is 0 Å². The van der Waals surface area contributed by atoms with Crippen LogP contribution in [-0.4, -0.2) is 33.3 Å². The van der Waals surface area contributed by atoms with Crippen molar-refractivity contribution in [3.05, 3.63) is 39.8 Å².